The molecular weight excluding hydrogens is 436 g/mol. The van der Waals surface area contributed by atoms with Gasteiger partial charge in [0.25, 0.3) is 5.56 Å². The number of ether oxygens (including phenoxy) is 1. The van der Waals surface area contributed by atoms with Crippen LogP contribution in [-0.4, -0.2) is 25.3 Å². The highest BCUT2D eigenvalue weighted by molar-refractivity contribution is 5.78. The summed E-state index contributed by atoms with van der Waals surface area (Å²) in [6.07, 6.45) is 2.80. The summed E-state index contributed by atoms with van der Waals surface area (Å²) in [5.74, 6) is 0.430. The van der Waals surface area contributed by atoms with Crippen LogP contribution in [0.2, 0.25) is 0 Å². The number of rotatable bonds is 7. The maximum Gasteiger partial charge on any atom is 0.308 e. The van der Waals surface area contributed by atoms with Crippen molar-refractivity contribution in [3.05, 3.63) is 105 Å². The Labute approximate surface area is 192 Å². The fourth-order valence-electron chi connectivity index (χ4n) is 3.80. The number of hydrogen-bond donors (Lipinski definition) is 0. The largest absolute Gasteiger partial charge is 0.467 e. The number of hydrogen-bond acceptors (Lipinski definition) is 7. The molecule has 0 bridgehead atoms. The second-order valence-electron chi connectivity index (χ2n) is 7.68. The minimum atomic E-state index is -0.475. The van der Waals surface area contributed by atoms with Gasteiger partial charge in [0.05, 0.1) is 48.4 Å². The van der Waals surface area contributed by atoms with Gasteiger partial charge < -0.3 is 9.15 Å². The van der Waals surface area contributed by atoms with E-state index in [1.165, 1.54) is 17.0 Å². The van der Waals surface area contributed by atoms with E-state index in [0.717, 1.165) is 0 Å². The molecule has 5 aromatic rings. The topological polar surface area (TPSA) is 109 Å². The second kappa shape index (κ2) is 9.14. The van der Waals surface area contributed by atoms with Crippen LogP contribution in [0.3, 0.4) is 0 Å². The molecular formula is C25H20N4O5. The van der Waals surface area contributed by atoms with Gasteiger partial charge in [-0.1, -0.05) is 24.3 Å². The van der Waals surface area contributed by atoms with Crippen LogP contribution in [0.4, 0.5) is 0 Å². The zero-order chi connectivity index (χ0) is 23.5. The average Bonchev–Trinajstić information content (AvgIpc) is 3.38. The van der Waals surface area contributed by atoms with Gasteiger partial charge >= 0.3 is 5.97 Å². The summed E-state index contributed by atoms with van der Waals surface area (Å²) < 4.78 is 13.9. The van der Waals surface area contributed by atoms with Gasteiger partial charge in [0.2, 0.25) is 5.43 Å². The van der Waals surface area contributed by atoms with Crippen molar-refractivity contribution in [2.24, 2.45) is 0 Å². The first-order chi connectivity index (χ1) is 16.6. The van der Waals surface area contributed by atoms with Crippen LogP contribution in [0.25, 0.3) is 21.8 Å². The van der Waals surface area contributed by atoms with Crippen LogP contribution in [0.15, 0.2) is 87.1 Å². The fourth-order valence-corrected chi connectivity index (χ4v) is 3.80. The van der Waals surface area contributed by atoms with E-state index in [1.807, 2.05) is 6.07 Å². The zero-order valence-corrected chi connectivity index (χ0v) is 18.1. The summed E-state index contributed by atoms with van der Waals surface area (Å²) in [6.45, 7) is 0.242. The Hall–Kier alpha value is -4.53. The van der Waals surface area contributed by atoms with Crippen molar-refractivity contribution >= 4 is 27.8 Å². The maximum absolute atomic E-state index is 13.1. The van der Waals surface area contributed by atoms with Crippen LogP contribution < -0.4 is 11.0 Å². The number of aromatic nitrogens is 4. The lowest BCUT2D eigenvalue weighted by Crippen LogP contribution is -2.27. The van der Waals surface area contributed by atoms with Gasteiger partial charge in [-0.25, -0.2) is 4.98 Å². The number of benzene rings is 2. The molecule has 0 atom stereocenters. The van der Waals surface area contributed by atoms with E-state index in [1.54, 1.807) is 59.3 Å². The van der Waals surface area contributed by atoms with Crippen molar-refractivity contribution in [2.45, 2.75) is 26.1 Å². The molecule has 2 aromatic carbocycles. The van der Waals surface area contributed by atoms with Gasteiger partial charge in [0, 0.05) is 5.39 Å². The number of para-hydroxylation sites is 2. The van der Waals surface area contributed by atoms with Crippen LogP contribution in [0.5, 0.6) is 0 Å². The predicted octanol–water partition coefficient (Wildman–Crippen LogP) is 2.88. The minimum absolute atomic E-state index is 0.0376. The lowest BCUT2D eigenvalue weighted by atomic mass is 10.2. The highest BCUT2D eigenvalue weighted by atomic mass is 16.5. The van der Waals surface area contributed by atoms with Crippen LogP contribution in [0, 0.1) is 0 Å². The number of nitrogens with zero attached hydrogens (tertiary/aromatic N) is 4. The first-order valence-electron chi connectivity index (χ1n) is 10.7. The van der Waals surface area contributed by atoms with E-state index in [-0.39, 0.29) is 37.1 Å². The predicted molar refractivity (Wildman–Crippen MR) is 124 cm³/mol. The molecule has 0 radical (unpaired) electrons. The second-order valence-corrected chi connectivity index (χ2v) is 7.68. The van der Waals surface area contributed by atoms with E-state index in [0.29, 0.717) is 33.4 Å². The number of fused-ring (bicyclic) bond motifs is 2. The van der Waals surface area contributed by atoms with E-state index in [9.17, 15) is 14.4 Å². The highest BCUT2D eigenvalue weighted by Gasteiger charge is 2.15. The first kappa shape index (κ1) is 21.3. The molecule has 0 saturated carbocycles. The van der Waals surface area contributed by atoms with Crippen molar-refractivity contribution in [1.29, 1.82) is 0 Å². The molecule has 0 aliphatic carbocycles. The molecule has 0 aliphatic heterocycles. The van der Waals surface area contributed by atoms with Crippen LogP contribution in [0.1, 0.15) is 18.0 Å². The molecule has 0 amide bonds. The van der Waals surface area contributed by atoms with Gasteiger partial charge in [-0.05, 0) is 36.4 Å². The molecule has 9 nitrogen and oxygen atoms in total. The number of esters is 1. The van der Waals surface area contributed by atoms with E-state index < -0.39 is 5.97 Å². The van der Waals surface area contributed by atoms with Gasteiger partial charge in [-0.2, -0.15) is 5.10 Å². The van der Waals surface area contributed by atoms with Crippen molar-refractivity contribution in [1.82, 2.24) is 19.3 Å². The highest BCUT2D eigenvalue weighted by Crippen LogP contribution is 2.12. The normalized spacial score (nSPS) is 11.2. The van der Waals surface area contributed by atoms with Crippen molar-refractivity contribution in [3.63, 3.8) is 0 Å². The number of carbonyl (C=O) groups excluding carboxylic acids is 1. The van der Waals surface area contributed by atoms with Crippen molar-refractivity contribution < 1.29 is 13.9 Å². The maximum atomic E-state index is 13.1. The van der Waals surface area contributed by atoms with Gasteiger partial charge in [0.1, 0.15) is 12.4 Å². The Bertz CT molecular complexity index is 1600. The molecule has 3 aromatic heterocycles. The van der Waals surface area contributed by atoms with E-state index in [4.69, 9.17) is 9.15 Å². The number of aryl methyl sites for hydroxylation is 1. The standard InChI is InChI=1S/C25H20N4O5/c30-22-14-26-29(21-10-4-2-8-19(21)22)12-11-24(31)34-16-23-27-20-9-3-1-7-18(20)25(32)28(23)15-17-6-5-13-33-17/h1-10,13-14H,11-12,15-16H2. The summed E-state index contributed by atoms with van der Waals surface area (Å²) in [6, 6.07) is 17.6. The molecule has 3 heterocycles. The molecule has 170 valence electrons. The molecule has 9 heteroatoms. The third kappa shape index (κ3) is 4.23. The van der Waals surface area contributed by atoms with Crippen LogP contribution in [-0.2, 0) is 29.2 Å². The molecule has 0 N–H and O–H groups in total. The van der Waals surface area contributed by atoms with Crippen molar-refractivity contribution in [2.75, 3.05) is 0 Å². The van der Waals surface area contributed by atoms with Crippen molar-refractivity contribution in [3.8, 4) is 0 Å². The smallest absolute Gasteiger partial charge is 0.308 e. The summed E-state index contributed by atoms with van der Waals surface area (Å²) in [5.41, 5.74) is 0.757. The molecule has 5 rings (SSSR count). The molecule has 0 saturated heterocycles. The Balaban J connectivity index is 1.34. The Kier molecular flexibility index (Phi) is 5.73. The fraction of sp³-hybridized carbons (Fsp3) is 0.160. The molecule has 34 heavy (non-hydrogen) atoms. The van der Waals surface area contributed by atoms with E-state index >= 15 is 0 Å². The average molecular weight is 456 g/mol. The molecule has 0 unspecified atom stereocenters. The lowest BCUT2D eigenvalue weighted by molar-refractivity contribution is -0.145. The lowest BCUT2D eigenvalue weighted by Gasteiger charge is -2.13. The minimum Gasteiger partial charge on any atom is -0.467 e. The monoisotopic (exact) mass is 456 g/mol. The Morgan fingerprint density at radius 3 is 2.59 bits per heavy atom. The number of carbonyl (C=O) groups is 1. The zero-order valence-electron chi connectivity index (χ0n) is 18.1. The third-order valence-corrected chi connectivity index (χ3v) is 5.49. The first-order valence-corrected chi connectivity index (χ1v) is 10.7. The summed E-state index contributed by atoms with van der Waals surface area (Å²) >= 11 is 0. The van der Waals surface area contributed by atoms with Crippen LogP contribution >= 0.6 is 0 Å². The van der Waals surface area contributed by atoms with Gasteiger partial charge in [-0.3, -0.25) is 23.6 Å². The summed E-state index contributed by atoms with van der Waals surface area (Å²) in [7, 11) is 0. The summed E-state index contributed by atoms with van der Waals surface area (Å²) in [4.78, 5) is 42.1. The quantitative estimate of drug-likeness (QED) is 0.346. The molecule has 0 spiro atoms. The SMILES string of the molecule is O=C(CCn1ncc(=O)c2ccccc21)OCc1nc2ccccc2c(=O)n1Cc1ccco1. The third-order valence-electron chi connectivity index (χ3n) is 5.49. The number of furan rings is 1. The van der Waals surface area contributed by atoms with Gasteiger partial charge in [-0.15, -0.1) is 0 Å². The molecule has 0 fully saturated rings. The summed E-state index contributed by atoms with van der Waals surface area (Å²) in [5, 5.41) is 5.13. The van der Waals surface area contributed by atoms with E-state index in [2.05, 4.69) is 10.1 Å². The Morgan fingerprint density at radius 2 is 1.76 bits per heavy atom. The Morgan fingerprint density at radius 1 is 0.971 bits per heavy atom. The molecule has 0 aliphatic rings. The van der Waals surface area contributed by atoms with Gasteiger partial charge in [0.15, 0.2) is 5.82 Å².